The highest BCUT2D eigenvalue weighted by Gasteiger charge is 2.37. The second kappa shape index (κ2) is 14.7. The molecule has 2 saturated heterocycles. The van der Waals surface area contributed by atoms with Crippen LogP contribution in [0.5, 0.6) is 0 Å². The molecule has 4 rings (SSSR count). The minimum absolute atomic E-state index is 0.00955. The van der Waals surface area contributed by atoms with E-state index in [-0.39, 0.29) is 23.7 Å². The number of alkyl halides is 1. The Balaban J connectivity index is 0.000000260. The Hall–Kier alpha value is -3.85. The Labute approximate surface area is 278 Å². The van der Waals surface area contributed by atoms with Crippen molar-refractivity contribution in [3.63, 3.8) is 0 Å². The van der Waals surface area contributed by atoms with Crippen LogP contribution in [0.1, 0.15) is 112 Å². The minimum atomic E-state index is -1.20. The molecule has 4 heterocycles. The van der Waals surface area contributed by atoms with E-state index in [1.165, 1.54) is 23.9 Å². The molecular formula is C33H49FN4O10. The van der Waals surface area contributed by atoms with Crippen LogP contribution >= 0.6 is 0 Å². The molecule has 2 aromatic heterocycles. The highest BCUT2D eigenvalue weighted by atomic mass is 18.2. The van der Waals surface area contributed by atoms with Crippen molar-refractivity contribution in [1.82, 2.24) is 18.3 Å². The van der Waals surface area contributed by atoms with Gasteiger partial charge >= 0.3 is 23.6 Å². The van der Waals surface area contributed by atoms with Gasteiger partial charge in [-0.25, -0.2) is 23.6 Å². The summed E-state index contributed by atoms with van der Waals surface area (Å²) in [5.74, 6) is 0.300. The SMILES string of the molecule is CC[C@H]1O[C@@H](n2cc(C)c(=O)n(C(=O)OC(C)(C)C)c2=O)CC1C.CC[C@H]1O[C@@H](n2cc(C)c(=O)n(C(=O)OC(C)(C)C)c2=O)CC1[18F]. The highest BCUT2D eigenvalue weighted by molar-refractivity contribution is 5.71. The van der Waals surface area contributed by atoms with E-state index in [0.29, 0.717) is 27.9 Å². The summed E-state index contributed by atoms with van der Waals surface area (Å²) < 4.78 is 39.1. The number of rotatable bonds is 4. The van der Waals surface area contributed by atoms with Gasteiger partial charge in [-0.2, -0.15) is 9.13 Å². The lowest BCUT2D eigenvalue weighted by molar-refractivity contribution is -0.0127. The normalized spacial score (nSPS) is 24.2. The van der Waals surface area contributed by atoms with E-state index in [4.69, 9.17) is 18.9 Å². The summed E-state index contributed by atoms with van der Waals surface area (Å²) in [4.78, 5) is 74.3. The molecule has 0 saturated carbocycles. The number of aryl methyl sites for hydroxylation is 2. The molecule has 2 aromatic rings. The Morgan fingerprint density at radius 1 is 0.750 bits per heavy atom. The van der Waals surface area contributed by atoms with Gasteiger partial charge in [0.05, 0.1) is 12.2 Å². The van der Waals surface area contributed by atoms with E-state index < -0.39 is 70.6 Å². The maximum absolute atomic E-state index is 13.9. The molecule has 6 atom stereocenters. The van der Waals surface area contributed by atoms with Gasteiger partial charge in [-0.15, -0.1) is 0 Å². The number of hydrogen-bond donors (Lipinski definition) is 0. The summed E-state index contributed by atoms with van der Waals surface area (Å²) in [6, 6.07) is 0. The van der Waals surface area contributed by atoms with Crippen LogP contribution in [0.15, 0.2) is 31.6 Å². The third-order valence-electron chi connectivity index (χ3n) is 7.85. The molecule has 2 aliphatic rings. The average molecular weight is 680 g/mol. The van der Waals surface area contributed by atoms with E-state index in [9.17, 15) is 33.2 Å². The predicted octanol–water partition coefficient (Wildman–Crippen LogP) is 4.57. The van der Waals surface area contributed by atoms with E-state index in [1.807, 2.05) is 6.92 Å². The van der Waals surface area contributed by atoms with Crippen molar-refractivity contribution in [2.24, 2.45) is 5.92 Å². The lowest BCUT2D eigenvalue weighted by Gasteiger charge is -2.21. The third kappa shape index (κ3) is 8.78. The highest BCUT2D eigenvalue weighted by Crippen LogP contribution is 2.34. The number of nitrogens with zero attached hydrogens (tertiary/aromatic N) is 4. The summed E-state index contributed by atoms with van der Waals surface area (Å²) >= 11 is 0. The molecule has 0 radical (unpaired) electrons. The van der Waals surface area contributed by atoms with E-state index in [0.717, 1.165) is 11.0 Å². The van der Waals surface area contributed by atoms with Crippen LogP contribution in [0, 0.1) is 19.8 Å². The fourth-order valence-electron chi connectivity index (χ4n) is 5.50. The van der Waals surface area contributed by atoms with Gasteiger partial charge in [0, 0.05) is 29.9 Å². The second-order valence-corrected chi connectivity index (χ2v) is 14.3. The van der Waals surface area contributed by atoms with Crippen molar-refractivity contribution in [3.05, 3.63) is 65.2 Å². The zero-order valence-electron chi connectivity index (χ0n) is 29.7. The number of carbonyl (C=O) groups excluding carboxylic acids is 2. The second-order valence-electron chi connectivity index (χ2n) is 14.3. The van der Waals surface area contributed by atoms with Crippen molar-refractivity contribution in [2.45, 2.75) is 144 Å². The molecule has 2 aliphatic heterocycles. The number of carbonyl (C=O) groups is 2. The molecule has 0 aromatic carbocycles. The van der Waals surface area contributed by atoms with Gasteiger partial charge in [0.2, 0.25) is 0 Å². The first-order chi connectivity index (χ1) is 22.1. The Morgan fingerprint density at radius 3 is 1.46 bits per heavy atom. The number of hydrogen-bond acceptors (Lipinski definition) is 10. The van der Waals surface area contributed by atoms with Crippen LogP contribution in [-0.4, -0.2) is 60.0 Å². The molecule has 2 fully saturated rings. The van der Waals surface area contributed by atoms with Crippen LogP contribution in [0.4, 0.5) is 14.0 Å². The monoisotopic (exact) mass is 679 g/mol. The van der Waals surface area contributed by atoms with Crippen LogP contribution in [0.25, 0.3) is 0 Å². The zero-order valence-corrected chi connectivity index (χ0v) is 29.7. The van der Waals surface area contributed by atoms with Gasteiger partial charge in [-0.1, -0.05) is 20.8 Å². The van der Waals surface area contributed by atoms with Crippen molar-refractivity contribution in [3.8, 4) is 0 Å². The van der Waals surface area contributed by atoms with Gasteiger partial charge in [-0.3, -0.25) is 18.7 Å². The first-order valence-electron chi connectivity index (χ1n) is 16.2. The molecule has 0 N–H and O–H groups in total. The van der Waals surface area contributed by atoms with E-state index in [2.05, 4.69) is 6.92 Å². The Bertz CT molecular complexity index is 1620. The summed E-state index contributed by atoms with van der Waals surface area (Å²) in [5, 5.41) is 0. The molecule has 15 heteroatoms. The third-order valence-corrected chi connectivity index (χ3v) is 7.85. The Kier molecular flexibility index (Phi) is 11.8. The van der Waals surface area contributed by atoms with E-state index >= 15 is 0 Å². The first-order valence-corrected chi connectivity index (χ1v) is 16.2. The van der Waals surface area contributed by atoms with Crippen molar-refractivity contribution < 1.29 is 32.9 Å². The predicted molar refractivity (Wildman–Crippen MR) is 174 cm³/mol. The maximum atomic E-state index is 13.9. The van der Waals surface area contributed by atoms with Gasteiger partial charge < -0.3 is 18.9 Å². The maximum Gasteiger partial charge on any atom is 0.425 e. The molecule has 2 unspecified atom stereocenters. The molecule has 0 spiro atoms. The number of aromatic nitrogens is 4. The summed E-state index contributed by atoms with van der Waals surface area (Å²) in [7, 11) is 0. The average Bonchev–Trinajstić information content (AvgIpc) is 3.52. The zero-order chi connectivity index (χ0) is 36.5. The van der Waals surface area contributed by atoms with Crippen molar-refractivity contribution in [1.29, 1.82) is 0 Å². The van der Waals surface area contributed by atoms with Crippen molar-refractivity contribution >= 4 is 12.2 Å². The van der Waals surface area contributed by atoms with Gasteiger partial charge in [0.1, 0.15) is 29.8 Å². The van der Waals surface area contributed by atoms with Gasteiger partial charge in [0.15, 0.2) is 0 Å². The lowest BCUT2D eigenvalue weighted by Crippen LogP contribution is -2.47. The van der Waals surface area contributed by atoms with Gasteiger partial charge in [-0.05, 0) is 80.6 Å². The number of ether oxygens (including phenoxy) is 4. The van der Waals surface area contributed by atoms with Gasteiger partial charge in [0.25, 0.3) is 11.1 Å². The first kappa shape index (κ1) is 38.6. The summed E-state index contributed by atoms with van der Waals surface area (Å²) in [5.41, 5.74) is -4.25. The molecule has 48 heavy (non-hydrogen) atoms. The summed E-state index contributed by atoms with van der Waals surface area (Å²) in [6.07, 6.45) is -0.395. The fourth-order valence-corrected chi connectivity index (χ4v) is 5.50. The number of halogens is 1. The fraction of sp³-hybridized carbons (Fsp3) is 0.697. The van der Waals surface area contributed by atoms with Crippen LogP contribution < -0.4 is 22.5 Å². The molecule has 0 amide bonds. The lowest BCUT2D eigenvalue weighted by atomic mass is 10.0. The molecule has 0 aliphatic carbocycles. The van der Waals surface area contributed by atoms with E-state index in [1.54, 1.807) is 55.4 Å². The van der Waals surface area contributed by atoms with Crippen LogP contribution in [0.3, 0.4) is 0 Å². The smallest absolute Gasteiger partial charge is 0.425 e. The standard InChI is InChI=1S/C17H26N2O5.C16H23FN2O5/c1-7-12-10(2)8-13(23-12)18-9-11(3)14(20)19(15(18)21)16(22)24-17(4,5)6;1-6-11-10(17)7-12(23-11)18-8-9(2)13(20)19(14(18)21)15(22)24-16(3,4)5/h9-10,12-13H,7-8H2,1-6H3;8,10-12H,6-7H2,1-5H3/t10?,12-,13-;10?,11-,12-/m11/s1/i;17-1. The van der Waals surface area contributed by atoms with Crippen LogP contribution in [0.2, 0.25) is 0 Å². The molecule has 268 valence electrons. The molecule has 0 bridgehead atoms. The quantitative estimate of drug-likeness (QED) is 0.448. The molecular weight excluding hydrogens is 630 g/mol. The minimum Gasteiger partial charge on any atom is -0.443 e. The van der Waals surface area contributed by atoms with Crippen molar-refractivity contribution in [2.75, 3.05) is 0 Å². The van der Waals surface area contributed by atoms with Crippen LogP contribution in [-0.2, 0) is 18.9 Å². The Morgan fingerprint density at radius 2 is 1.12 bits per heavy atom. The topological polar surface area (TPSA) is 159 Å². The largest absolute Gasteiger partial charge is 0.443 e. The molecule has 14 nitrogen and oxygen atoms in total. The summed E-state index contributed by atoms with van der Waals surface area (Å²) in [6.45, 7) is 18.8.